The van der Waals surface area contributed by atoms with Gasteiger partial charge in [-0.05, 0) is 32.4 Å². The summed E-state index contributed by atoms with van der Waals surface area (Å²) in [5, 5.41) is 10.2. The first-order chi connectivity index (χ1) is 19.4. The molecular formula is C28H30N4O8S. The van der Waals surface area contributed by atoms with Gasteiger partial charge in [0.1, 0.15) is 28.5 Å². The molecule has 216 valence electrons. The van der Waals surface area contributed by atoms with E-state index in [1.807, 2.05) is 18.2 Å². The fraction of sp³-hybridized carbons (Fsp3) is 0.393. The number of carboxylic acid groups (broad SMARTS) is 1. The van der Waals surface area contributed by atoms with E-state index in [2.05, 4.69) is 4.98 Å². The standard InChI is InChI=1S/C28H30N4O8S/c1-15-21-24(34)32(28(3,4)26(35)36)27(37)31(25(21)41-22(15)23-29-10-11-39-23)14-20(18-8-6-7-9-19(18)38-5)40-17-12-30(13-17)16(2)33/h6-11,17,20H,12-14H2,1-5H3,(H,35,36). The van der Waals surface area contributed by atoms with Gasteiger partial charge >= 0.3 is 11.7 Å². The summed E-state index contributed by atoms with van der Waals surface area (Å²) in [4.78, 5) is 58.7. The molecule has 5 rings (SSSR count). The number of ether oxygens (including phenoxy) is 2. The van der Waals surface area contributed by atoms with E-state index >= 15 is 0 Å². The quantitative estimate of drug-likeness (QED) is 0.315. The Labute approximate surface area is 238 Å². The fourth-order valence-corrected chi connectivity index (χ4v) is 6.20. The van der Waals surface area contributed by atoms with E-state index in [0.717, 1.165) is 15.9 Å². The number of thiophene rings is 1. The second kappa shape index (κ2) is 10.6. The molecule has 1 atom stereocenters. The van der Waals surface area contributed by atoms with E-state index in [9.17, 15) is 24.3 Å². The number of nitrogens with zero attached hydrogens (tertiary/aromatic N) is 4. The van der Waals surface area contributed by atoms with E-state index in [-0.39, 0.29) is 29.8 Å². The number of likely N-dealkylation sites (tertiary alicyclic amines) is 1. The Morgan fingerprint density at radius 2 is 1.95 bits per heavy atom. The Balaban J connectivity index is 1.72. The molecule has 3 aromatic heterocycles. The van der Waals surface area contributed by atoms with Crippen molar-refractivity contribution < 1.29 is 28.6 Å². The van der Waals surface area contributed by atoms with Crippen LogP contribution in [0.3, 0.4) is 0 Å². The van der Waals surface area contributed by atoms with Gasteiger partial charge in [0.05, 0.1) is 36.2 Å². The van der Waals surface area contributed by atoms with Gasteiger partial charge in [0.25, 0.3) is 5.56 Å². The number of rotatable bonds is 9. The molecule has 0 bridgehead atoms. The van der Waals surface area contributed by atoms with Crippen molar-refractivity contribution in [3.8, 4) is 16.5 Å². The molecule has 1 N–H and O–H groups in total. The summed E-state index contributed by atoms with van der Waals surface area (Å²) in [6.45, 7) is 6.54. The molecule has 0 spiro atoms. The van der Waals surface area contributed by atoms with Crippen molar-refractivity contribution in [1.29, 1.82) is 0 Å². The molecule has 1 aromatic carbocycles. The number of hydrogen-bond donors (Lipinski definition) is 1. The number of oxazole rings is 1. The van der Waals surface area contributed by atoms with Crippen molar-refractivity contribution in [3.05, 3.63) is 68.7 Å². The van der Waals surface area contributed by atoms with Crippen LogP contribution >= 0.6 is 11.3 Å². The van der Waals surface area contributed by atoms with Crippen LogP contribution in [0.15, 0.2) is 50.7 Å². The van der Waals surface area contributed by atoms with Gasteiger partial charge in [-0.25, -0.2) is 19.1 Å². The van der Waals surface area contributed by atoms with Crippen LogP contribution in [-0.2, 0) is 26.4 Å². The first-order valence-electron chi connectivity index (χ1n) is 12.9. The molecule has 13 heteroatoms. The molecule has 1 aliphatic heterocycles. The number of carbonyl (C=O) groups is 2. The lowest BCUT2D eigenvalue weighted by Gasteiger charge is -2.40. The van der Waals surface area contributed by atoms with Crippen LogP contribution in [0.25, 0.3) is 21.0 Å². The van der Waals surface area contributed by atoms with E-state index in [1.165, 1.54) is 44.9 Å². The second-order valence-corrected chi connectivity index (χ2v) is 11.4. The van der Waals surface area contributed by atoms with Gasteiger partial charge in [-0.15, -0.1) is 11.3 Å². The lowest BCUT2D eigenvalue weighted by Crippen LogP contribution is -2.55. The van der Waals surface area contributed by atoms with Crippen molar-refractivity contribution in [3.63, 3.8) is 0 Å². The number of benzene rings is 1. The van der Waals surface area contributed by atoms with E-state index in [4.69, 9.17) is 13.9 Å². The molecule has 41 heavy (non-hydrogen) atoms. The Kier molecular flexibility index (Phi) is 7.34. The maximum atomic E-state index is 14.1. The average Bonchev–Trinajstić information content (AvgIpc) is 3.54. The molecule has 0 aliphatic carbocycles. The summed E-state index contributed by atoms with van der Waals surface area (Å²) < 4.78 is 19.7. The van der Waals surface area contributed by atoms with Crippen LogP contribution in [0, 0.1) is 6.92 Å². The Bertz CT molecular complexity index is 1750. The molecular weight excluding hydrogens is 552 g/mol. The van der Waals surface area contributed by atoms with Gasteiger partial charge in [0.15, 0.2) is 0 Å². The second-order valence-electron chi connectivity index (χ2n) is 10.4. The highest BCUT2D eigenvalue weighted by atomic mass is 32.1. The van der Waals surface area contributed by atoms with E-state index in [0.29, 0.717) is 39.7 Å². The Hall–Kier alpha value is -4.23. The summed E-state index contributed by atoms with van der Waals surface area (Å²) >= 11 is 1.16. The number of carboxylic acids is 1. The summed E-state index contributed by atoms with van der Waals surface area (Å²) in [6.07, 6.45) is 1.85. The van der Waals surface area contributed by atoms with Gasteiger partial charge < -0.3 is 23.9 Å². The Morgan fingerprint density at radius 1 is 1.24 bits per heavy atom. The third-order valence-corrected chi connectivity index (χ3v) is 8.71. The molecule has 0 saturated carbocycles. The molecule has 1 aliphatic rings. The molecule has 4 aromatic rings. The lowest BCUT2D eigenvalue weighted by atomic mass is 10.0. The number of aromatic nitrogens is 3. The number of amides is 1. The number of aryl methyl sites for hydroxylation is 1. The zero-order valence-corrected chi connectivity index (χ0v) is 24.1. The molecule has 4 heterocycles. The number of hydrogen-bond acceptors (Lipinski definition) is 9. The predicted molar refractivity (Wildman–Crippen MR) is 150 cm³/mol. The van der Waals surface area contributed by atoms with Crippen molar-refractivity contribution in [2.24, 2.45) is 0 Å². The average molecular weight is 583 g/mol. The van der Waals surface area contributed by atoms with Gasteiger partial charge in [0.2, 0.25) is 11.8 Å². The summed E-state index contributed by atoms with van der Waals surface area (Å²) in [6, 6.07) is 7.23. The molecule has 12 nitrogen and oxygen atoms in total. The summed E-state index contributed by atoms with van der Waals surface area (Å²) in [7, 11) is 1.53. The molecule has 1 fully saturated rings. The van der Waals surface area contributed by atoms with E-state index in [1.54, 1.807) is 17.9 Å². The van der Waals surface area contributed by atoms with Gasteiger partial charge in [0, 0.05) is 25.6 Å². The molecule has 1 amide bonds. The van der Waals surface area contributed by atoms with Crippen LogP contribution in [0.4, 0.5) is 0 Å². The van der Waals surface area contributed by atoms with Gasteiger partial charge in [-0.3, -0.25) is 14.2 Å². The van der Waals surface area contributed by atoms with Crippen molar-refractivity contribution in [1.82, 2.24) is 19.0 Å². The third kappa shape index (κ3) is 4.84. The molecule has 1 unspecified atom stereocenters. The Morgan fingerprint density at radius 3 is 2.56 bits per heavy atom. The number of methoxy groups -OCH3 is 1. The normalized spacial score (nSPS) is 14.7. The predicted octanol–water partition coefficient (Wildman–Crippen LogP) is 3.01. The number of aliphatic carboxylic acids is 1. The van der Waals surface area contributed by atoms with Gasteiger partial charge in [-0.1, -0.05) is 18.2 Å². The number of fused-ring (bicyclic) bond motifs is 1. The summed E-state index contributed by atoms with van der Waals surface area (Å²) in [5.74, 6) is -0.582. The molecule has 0 radical (unpaired) electrons. The van der Waals surface area contributed by atoms with Crippen molar-refractivity contribution in [2.75, 3.05) is 20.2 Å². The molecule has 1 saturated heterocycles. The smallest absolute Gasteiger partial charge is 0.333 e. The first kappa shape index (κ1) is 28.3. The summed E-state index contributed by atoms with van der Waals surface area (Å²) in [5.41, 5.74) is -2.18. The third-order valence-electron chi connectivity index (χ3n) is 7.41. The maximum Gasteiger partial charge on any atom is 0.333 e. The van der Waals surface area contributed by atoms with Crippen LogP contribution in [0.5, 0.6) is 5.75 Å². The minimum Gasteiger partial charge on any atom is -0.496 e. The van der Waals surface area contributed by atoms with Gasteiger partial charge in [-0.2, -0.15) is 0 Å². The maximum absolute atomic E-state index is 14.1. The number of carbonyl (C=O) groups excluding carboxylic acids is 1. The lowest BCUT2D eigenvalue weighted by molar-refractivity contribution is -0.149. The fourth-order valence-electron chi connectivity index (χ4n) is 4.96. The first-order valence-corrected chi connectivity index (χ1v) is 13.7. The van der Waals surface area contributed by atoms with Crippen molar-refractivity contribution in [2.45, 2.75) is 52.0 Å². The highest BCUT2D eigenvalue weighted by molar-refractivity contribution is 7.22. The SMILES string of the molecule is COc1ccccc1C(Cn1c(=O)n(C(C)(C)C(=O)O)c(=O)c2c(C)c(-c3ncco3)sc21)OC1CN(C(C)=O)C1. The van der Waals surface area contributed by atoms with Crippen LogP contribution < -0.4 is 16.0 Å². The minimum atomic E-state index is -1.85. The zero-order chi connectivity index (χ0) is 29.6. The van der Waals surface area contributed by atoms with Crippen molar-refractivity contribution >= 4 is 33.4 Å². The highest BCUT2D eigenvalue weighted by Crippen LogP contribution is 2.37. The number of para-hydroxylation sites is 1. The van der Waals surface area contributed by atoms with Crippen LogP contribution in [0.1, 0.15) is 38.0 Å². The van der Waals surface area contributed by atoms with E-state index < -0.39 is 28.9 Å². The minimum absolute atomic E-state index is 0.0623. The monoisotopic (exact) mass is 582 g/mol. The largest absolute Gasteiger partial charge is 0.496 e. The highest BCUT2D eigenvalue weighted by Gasteiger charge is 2.37. The zero-order valence-electron chi connectivity index (χ0n) is 23.2. The van der Waals surface area contributed by atoms with Crippen LogP contribution in [-0.4, -0.2) is 62.3 Å². The van der Waals surface area contributed by atoms with Crippen LogP contribution in [0.2, 0.25) is 0 Å². The topological polar surface area (TPSA) is 146 Å².